The van der Waals surface area contributed by atoms with Gasteiger partial charge in [0.25, 0.3) is 0 Å². The average Bonchev–Trinajstić information content (AvgIpc) is 2.24. The van der Waals surface area contributed by atoms with Crippen LogP contribution in [0.3, 0.4) is 0 Å². The molecule has 5 heteroatoms. The van der Waals surface area contributed by atoms with E-state index in [4.69, 9.17) is 0 Å². The van der Waals surface area contributed by atoms with E-state index in [0.717, 1.165) is 25.8 Å². The molecule has 0 aromatic rings. The van der Waals surface area contributed by atoms with Crippen molar-refractivity contribution in [2.75, 3.05) is 26.2 Å². The third-order valence-electron chi connectivity index (χ3n) is 2.73. The van der Waals surface area contributed by atoms with Gasteiger partial charge in [0.2, 0.25) is 0 Å². The molecule has 0 amide bonds. The van der Waals surface area contributed by atoms with Crippen molar-refractivity contribution < 1.29 is 13.2 Å². The molecule has 0 heterocycles. The fourth-order valence-electron chi connectivity index (χ4n) is 1.92. The molecule has 0 aromatic heterocycles. The maximum absolute atomic E-state index is 12.4. The highest BCUT2D eigenvalue weighted by molar-refractivity contribution is 4.75. The zero-order valence-corrected chi connectivity index (χ0v) is 11.1. The van der Waals surface area contributed by atoms with Crippen LogP contribution in [0.25, 0.3) is 0 Å². The average molecular weight is 254 g/mol. The number of halogens is 3. The fraction of sp³-hybridized carbons (Fsp3) is 1.00. The Balaban J connectivity index is 4.29. The highest BCUT2D eigenvalue weighted by Crippen LogP contribution is 2.19. The van der Waals surface area contributed by atoms with Crippen molar-refractivity contribution in [1.82, 2.24) is 10.2 Å². The second kappa shape index (κ2) is 8.75. The molecule has 0 aromatic carbocycles. The lowest BCUT2D eigenvalue weighted by Crippen LogP contribution is -2.46. The van der Waals surface area contributed by atoms with E-state index in [0.29, 0.717) is 13.1 Å². The van der Waals surface area contributed by atoms with Crippen molar-refractivity contribution in [2.45, 2.75) is 52.3 Å². The Bertz CT molecular complexity index is 183. The number of likely N-dealkylation sites (N-methyl/N-ethyl adjacent to an activating group) is 1. The van der Waals surface area contributed by atoms with E-state index in [1.165, 1.54) is 4.90 Å². The predicted molar refractivity (Wildman–Crippen MR) is 65.2 cm³/mol. The zero-order valence-electron chi connectivity index (χ0n) is 11.1. The van der Waals surface area contributed by atoms with Gasteiger partial charge in [-0.05, 0) is 25.9 Å². The second-order valence-corrected chi connectivity index (χ2v) is 4.32. The third-order valence-corrected chi connectivity index (χ3v) is 2.73. The molecule has 2 nitrogen and oxygen atoms in total. The van der Waals surface area contributed by atoms with E-state index >= 15 is 0 Å². The van der Waals surface area contributed by atoms with Crippen molar-refractivity contribution in [3.63, 3.8) is 0 Å². The first-order chi connectivity index (χ1) is 7.94. The summed E-state index contributed by atoms with van der Waals surface area (Å²) in [5.41, 5.74) is 0. The van der Waals surface area contributed by atoms with Gasteiger partial charge in [0.15, 0.2) is 0 Å². The van der Waals surface area contributed by atoms with Crippen molar-refractivity contribution in [3.8, 4) is 0 Å². The maximum Gasteiger partial charge on any atom is 0.401 e. The van der Waals surface area contributed by atoms with Crippen molar-refractivity contribution in [2.24, 2.45) is 0 Å². The van der Waals surface area contributed by atoms with Crippen molar-refractivity contribution >= 4 is 0 Å². The first-order valence-electron chi connectivity index (χ1n) is 6.46. The van der Waals surface area contributed by atoms with E-state index in [9.17, 15) is 13.2 Å². The van der Waals surface area contributed by atoms with E-state index in [1.54, 1.807) is 6.92 Å². The van der Waals surface area contributed by atoms with Crippen LogP contribution < -0.4 is 5.32 Å². The monoisotopic (exact) mass is 254 g/mol. The lowest BCUT2D eigenvalue weighted by atomic mass is 10.1. The van der Waals surface area contributed by atoms with Crippen molar-refractivity contribution in [1.29, 1.82) is 0 Å². The van der Waals surface area contributed by atoms with Crippen LogP contribution in [0, 0.1) is 0 Å². The molecule has 0 fully saturated rings. The molecule has 0 aliphatic rings. The minimum atomic E-state index is -4.10. The largest absolute Gasteiger partial charge is 0.401 e. The maximum atomic E-state index is 12.4. The topological polar surface area (TPSA) is 15.3 Å². The summed E-state index contributed by atoms with van der Waals surface area (Å²) >= 11 is 0. The summed E-state index contributed by atoms with van der Waals surface area (Å²) < 4.78 is 37.3. The molecule has 0 rings (SSSR count). The molecule has 1 N–H and O–H groups in total. The summed E-state index contributed by atoms with van der Waals surface area (Å²) in [6.07, 6.45) is -1.38. The van der Waals surface area contributed by atoms with Crippen LogP contribution in [0.2, 0.25) is 0 Å². The molecular formula is C12H25F3N2. The van der Waals surface area contributed by atoms with Crippen LogP contribution in [-0.4, -0.2) is 43.3 Å². The van der Waals surface area contributed by atoms with Gasteiger partial charge < -0.3 is 5.32 Å². The number of hydrogen-bond acceptors (Lipinski definition) is 2. The first kappa shape index (κ1) is 16.7. The molecule has 1 atom stereocenters. The molecule has 0 aliphatic heterocycles. The van der Waals surface area contributed by atoms with Crippen molar-refractivity contribution in [3.05, 3.63) is 0 Å². The van der Waals surface area contributed by atoms with Crippen LogP contribution in [0.4, 0.5) is 13.2 Å². The molecule has 104 valence electrons. The smallest absolute Gasteiger partial charge is 0.315 e. The zero-order chi connectivity index (χ0) is 13.3. The fourth-order valence-corrected chi connectivity index (χ4v) is 1.92. The van der Waals surface area contributed by atoms with Gasteiger partial charge in [-0.3, -0.25) is 4.90 Å². The van der Waals surface area contributed by atoms with E-state index in [1.807, 2.05) is 6.92 Å². The molecule has 0 saturated heterocycles. The lowest BCUT2D eigenvalue weighted by molar-refractivity contribution is -0.150. The van der Waals surface area contributed by atoms with Gasteiger partial charge in [-0.25, -0.2) is 0 Å². The summed E-state index contributed by atoms with van der Waals surface area (Å²) in [5.74, 6) is 0. The van der Waals surface area contributed by atoms with Crippen LogP contribution in [-0.2, 0) is 0 Å². The molecule has 0 bridgehead atoms. The molecule has 0 radical (unpaired) electrons. The minimum Gasteiger partial charge on any atom is -0.315 e. The number of hydrogen-bond donors (Lipinski definition) is 1. The van der Waals surface area contributed by atoms with Gasteiger partial charge in [0.05, 0.1) is 6.54 Å². The Morgan fingerprint density at radius 3 is 2.18 bits per heavy atom. The molecule has 17 heavy (non-hydrogen) atoms. The number of nitrogens with zero attached hydrogens (tertiary/aromatic N) is 1. The van der Waals surface area contributed by atoms with Gasteiger partial charge in [-0.15, -0.1) is 0 Å². The second-order valence-electron chi connectivity index (χ2n) is 4.32. The van der Waals surface area contributed by atoms with Gasteiger partial charge in [-0.1, -0.05) is 27.2 Å². The normalized spacial score (nSPS) is 14.3. The Labute approximate surface area is 103 Å². The summed E-state index contributed by atoms with van der Waals surface area (Å²) in [4.78, 5) is 1.52. The van der Waals surface area contributed by atoms with Crippen LogP contribution >= 0.6 is 0 Å². The quantitative estimate of drug-likeness (QED) is 0.636. The van der Waals surface area contributed by atoms with Gasteiger partial charge >= 0.3 is 6.18 Å². The molecule has 0 aliphatic carbocycles. The first-order valence-corrected chi connectivity index (χ1v) is 6.46. The van der Waals surface area contributed by atoms with Crippen LogP contribution in [0.5, 0.6) is 0 Å². The Morgan fingerprint density at radius 2 is 1.76 bits per heavy atom. The Hall–Kier alpha value is -0.290. The molecule has 0 saturated carbocycles. The van der Waals surface area contributed by atoms with Crippen LogP contribution in [0.15, 0.2) is 0 Å². The highest BCUT2D eigenvalue weighted by Gasteiger charge is 2.32. The molecule has 0 spiro atoms. The van der Waals surface area contributed by atoms with Gasteiger partial charge in [0, 0.05) is 12.6 Å². The highest BCUT2D eigenvalue weighted by atomic mass is 19.4. The van der Waals surface area contributed by atoms with Crippen LogP contribution in [0.1, 0.15) is 40.0 Å². The standard InChI is InChI=1S/C12H25F3N2/c1-4-7-11(9-16-8-5-2)17(6-3)10-12(13,14)15/h11,16H,4-10H2,1-3H3. The summed E-state index contributed by atoms with van der Waals surface area (Å²) in [7, 11) is 0. The predicted octanol–water partition coefficient (Wildman–Crippen LogP) is 3.04. The SMILES string of the molecule is CCCNCC(CCC)N(CC)CC(F)(F)F. The summed E-state index contributed by atoms with van der Waals surface area (Å²) in [6, 6.07) is -0.0156. The van der Waals surface area contributed by atoms with E-state index in [-0.39, 0.29) is 6.04 Å². The summed E-state index contributed by atoms with van der Waals surface area (Å²) in [5, 5.41) is 3.21. The lowest BCUT2D eigenvalue weighted by Gasteiger charge is -2.31. The number of nitrogens with one attached hydrogen (secondary N) is 1. The summed E-state index contributed by atoms with van der Waals surface area (Å²) in [6.45, 7) is 6.99. The number of alkyl halides is 3. The Kier molecular flexibility index (Phi) is 8.60. The van der Waals surface area contributed by atoms with Gasteiger partial charge in [0.1, 0.15) is 0 Å². The Morgan fingerprint density at radius 1 is 1.12 bits per heavy atom. The van der Waals surface area contributed by atoms with Gasteiger partial charge in [-0.2, -0.15) is 13.2 Å². The third kappa shape index (κ3) is 8.44. The van der Waals surface area contributed by atoms with E-state index in [2.05, 4.69) is 12.2 Å². The van der Waals surface area contributed by atoms with E-state index < -0.39 is 12.7 Å². The molecular weight excluding hydrogens is 229 g/mol. The number of rotatable bonds is 9. The molecule has 1 unspecified atom stereocenters. The minimum absolute atomic E-state index is 0.0156.